The lowest BCUT2D eigenvalue weighted by Gasteiger charge is -2.12. The number of ether oxygens (including phenoxy) is 3. The Labute approximate surface area is 163 Å². The molecule has 1 heterocycles. The van der Waals surface area contributed by atoms with E-state index < -0.39 is 11.6 Å². The fourth-order valence-electron chi connectivity index (χ4n) is 2.75. The standard InChI is InChI=1S/C20H17BrO6/c1-11-16(24-2)6-12(7-17(11)25-3)20(23)26-10-13-8-19(22)27-18-9-14(21)4-5-15(13)18/h4-9H,10H2,1-3H3. The van der Waals surface area contributed by atoms with Gasteiger partial charge in [0.2, 0.25) is 0 Å². The van der Waals surface area contributed by atoms with Crippen LogP contribution in [0.15, 0.2) is 50.1 Å². The van der Waals surface area contributed by atoms with Crippen molar-refractivity contribution in [3.8, 4) is 11.5 Å². The zero-order valence-electron chi connectivity index (χ0n) is 15.0. The molecular formula is C20H17BrO6. The number of hydrogen-bond acceptors (Lipinski definition) is 6. The van der Waals surface area contributed by atoms with Crippen molar-refractivity contribution in [1.29, 1.82) is 0 Å². The highest BCUT2D eigenvalue weighted by Gasteiger charge is 2.16. The molecule has 0 amide bonds. The van der Waals surface area contributed by atoms with Crippen molar-refractivity contribution in [2.75, 3.05) is 14.2 Å². The molecular weight excluding hydrogens is 416 g/mol. The highest BCUT2D eigenvalue weighted by molar-refractivity contribution is 9.10. The maximum absolute atomic E-state index is 12.5. The van der Waals surface area contributed by atoms with Crippen LogP contribution in [-0.2, 0) is 11.3 Å². The van der Waals surface area contributed by atoms with Crippen LogP contribution in [0, 0.1) is 6.92 Å². The Hall–Kier alpha value is -2.80. The van der Waals surface area contributed by atoms with Crippen LogP contribution < -0.4 is 15.1 Å². The first-order valence-electron chi connectivity index (χ1n) is 8.05. The minimum absolute atomic E-state index is 0.0684. The summed E-state index contributed by atoms with van der Waals surface area (Å²) in [6, 6.07) is 9.81. The van der Waals surface area contributed by atoms with E-state index in [9.17, 15) is 9.59 Å². The molecule has 6 nitrogen and oxygen atoms in total. The van der Waals surface area contributed by atoms with Gasteiger partial charge < -0.3 is 18.6 Å². The molecule has 27 heavy (non-hydrogen) atoms. The molecule has 140 valence electrons. The maximum atomic E-state index is 12.5. The van der Waals surface area contributed by atoms with Gasteiger partial charge in [0, 0.05) is 27.1 Å². The molecule has 0 N–H and O–H groups in total. The quantitative estimate of drug-likeness (QED) is 0.443. The average molecular weight is 433 g/mol. The molecule has 0 atom stereocenters. The van der Waals surface area contributed by atoms with Gasteiger partial charge in [-0.3, -0.25) is 0 Å². The third-order valence-corrected chi connectivity index (χ3v) is 4.63. The van der Waals surface area contributed by atoms with Gasteiger partial charge in [-0.1, -0.05) is 15.9 Å². The number of esters is 1. The van der Waals surface area contributed by atoms with Crippen molar-refractivity contribution in [2.45, 2.75) is 13.5 Å². The lowest BCUT2D eigenvalue weighted by atomic mass is 10.1. The number of hydrogen-bond donors (Lipinski definition) is 0. The molecule has 3 rings (SSSR count). The van der Waals surface area contributed by atoms with Crippen LogP contribution in [0.2, 0.25) is 0 Å². The van der Waals surface area contributed by atoms with Crippen LogP contribution in [0.1, 0.15) is 21.5 Å². The zero-order valence-corrected chi connectivity index (χ0v) is 16.6. The van der Waals surface area contributed by atoms with Gasteiger partial charge in [-0.2, -0.15) is 0 Å². The van der Waals surface area contributed by atoms with Gasteiger partial charge in [-0.05, 0) is 37.3 Å². The van der Waals surface area contributed by atoms with E-state index in [1.54, 1.807) is 24.3 Å². The fraction of sp³-hybridized carbons (Fsp3) is 0.200. The fourth-order valence-corrected chi connectivity index (χ4v) is 3.09. The van der Waals surface area contributed by atoms with Crippen LogP contribution in [-0.4, -0.2) is 20.2 Å². The topological polar surface area (TPSA) is 75.0 Å². The Balaban J connectivity index is 1.88. The third-order valence-electron chi connectivity index (χ3n) is 4.14. The number of methoxy groups -OCH3 is 2. The molecule has 0 unspecified atom stereocenters. The monoisotopic (exact) mass is 432 g/mol. The predicted molar refractivity (Wildman–Crippen MR) is 104 cm³/mol. The summed E-state index contributed by atoms with van der Waals surface area (Å²) in [5.41, 5.74) is 1.55. The molecule has 3 aromatic rings. The zero-order chi connectivity index (χ0) is 19.6. The maximum Gasteiger partial charge on any atom is 0.338 e. The second-order valence-electron chi connectivity index (χ2n) is 5.81. The Morgan fingerprint density at radius 2 is 1.74 bits per heavy atom. The van der Waals surface area contributed by atoms with Crippen LogP contribution in [0.3, 0.4) is 0 Å². The van der Waals surface area contributed by atoms with E-state index in [1.807, 2.05) is 13.0 Å². The number of halogens is 1. The molecule has 0 saturated carbocycles. The summed E-state index contributed by atoms with van der Waals surface area (Å²) in [6.45, 7) is 1.77. The van der Waals surface area contributed by atoms with E-state index in [4.69, 9.17) is 18.6 Å². The van der Waals surface area contributed by atoms with Crippen LogP contribution in [0.4, 0.5) is 0 Å². The van der Waals surface area contributed by atoms with Crippen molar-refractivity contribution in [3.63, 3.8) is 0 Å². The number of rotatable bonds is 5. The Kier molecular flexibility index (Phi) is 5.51. The molecule has 0 fully saturated rings. The second-order valence-corrected chi connectivity index (χ2v) is 6.73. The molecule has 2 aromatic carbocycles. The lowest BCUT2D eigenvalue weighted by molar-refractivity contribution is 0.0473. The molecule has 0 aliphatic carbocycles. The predicted octanol–water partition coefficient (Wildman–Crippen LogP) is 4.24. The number of fused-ring (bicyclic) bond motifs is 1. The summed E-state index contributed by atoms with van der Waals surface area (Å²) >= 11 is 3.34. The summed E-state index contributed by atoms with van der Waals surface area (Å²) in [5, 5.41) is 0.699. The molecule has 1 aromatic heterocycles. The molecule has 0 radical (unpaired) electrons. The van der Waals surface area contributed by atoms with Crippen LogP contribution in [0.5, 0.6) is 11.5 Å². The first-order chi connectivity index (χ1) is 12.9. The molecule has 0 saturated heterocycles. The van der Waals surface area contributed by atoms with E-state index in [1.165, 1.54) is 20.3 Å². The Morgan fingerprint density at radius 1 is 1.07 bits per heavy atom. The van der Waals surface area contributed by atoms with Crippen molar-refractivity contribution in [2.24, 2.45) is 0 Å². The summed E-state index contributed by atoms with van der Waals surface area (Å²) < 4.78 is 21.9. The Morgan fingerprint density at radius 3 is 2.37 bits per heavy atom. The van der Waals surface area contributed by atoms with Gasteiger partial charge in [-0.15, -0.1) is 0 Å². The molecule has 0 bridgehead atoms. The SMILES string of the molecule is COc1cc(C(=O)OCc2cc(=O)oc3cc(Br)ccc23)cc(OC)c1C. The third kappa shape index (κ3) is 3.98. The smallest absolute Gasteiger partial charge is 0.338 e. The number of carbonyl (C=O) groups excluding carboxylic acids is 1. The highest BCUT2D eigenvalue weighted by Crippen LogP contribution is 2.30. The summed E-state index contributed by atoms with van der Waals surface area (Å²) in [6.07, 6.45) is 0. The van der Waals surface area contributed by atoms with Gasteiger partial charge in [0.1, 0.15) is 23.7 Å². The van der Waals surface area contributed by atoms with Crippen molar-refractivity contribution in [3.05, 3.63) is 68.0 Å². The minimum atomic E-state index is -0.551. The lowest BCUT2D eigenvalue weighted by Crippen LogP contribution is -2.09. The Bertz CT molecular complexity index is 1040. The first-order valence-corrected chi connectivity index (χ1v) is 8.84. The average Bonchev–Trinajstić information content (AvgIpc) is 2.65. The number of carbonyl (C=O) groups is 1. The summed E-state index contributed by atoms with van der Waals surface area (Å²) in [7, 11) is 3.04. The summed E-state index contributed by atoms with van der Waals surface area (Å²) in [4.78, 5) is 24.3. The molecule has 0 aliphatic rings. The second kappa shape index (κ2) is 7.84. The van der Waals surface area contributed by atoms with E-state index in [0.29, 0.717) is 33.6 Å². The molecule has 0 spiro atoms. The highest BCUT2D eigenvalue weighted by atomic mass is 79.9. The van der Waals surface area contributed by atoms with Crippen LogP contribution >= 0.6 is 15.9 Å². The minimum Gasteiger partial charge on any atom is -0.496 e. The largest absolute Gasteiger partial charge is 0.496 e. The van der Waals surface area contributed by atoms with E-state index in [2.05, 4.69) is 15.9 Å². The van der Waals surface area contributed by atoms with Gasteiger partial charge in [0.05, 0.1) is 19.8 Å². The molecule has 0 aliphatic heterocycles. The van der Waals surface area contributed by atoms with E-state index >= 15 is 0 Å². The van der Waals surface area contributed by atoms with E-state index in [0.717, 1.165) is 10.0 Å². The van der Waals surface area contributed by atoms with Crippen molar-refractivity contribution in [1.82, 2.24) is 0 Å². The van der Waals surface area contributed by atoms with Gasteiger partial charge in [-0.25, -0.2) is 9.59 Å². The first kappa shape index (κ1) is 19.0. The van der Waals surface area contributed by atoms with Gasteiger partial charge in [0.15, 0.2) is 0 Å². The van der Waals surface area contributed by atoms with Crippen LogP contribution in [0.25, 0.3) is 11.0 Å². The summed E-state index contributed by atoms with van der Waals surface area (Å²) in [5.74, 6) is 0.499. The van der Waals surface area contributed by atoms with Gasteiger partial charge >= 0.3 is 11.6 Å². The van der Waals surface area contributed by atoms with E-state index in [-0.39, 0.29) is 6.61 Å². The molecule has 7 heteroatoms. The number of benzene rings is 2. The van der Waals surface area contributed by atoms with Crippen molar-refractivity contribution < 1.29 is 23.4 Å². The van der Waals surface area contributed by atoms with Gasteiger partial charge in [0.25, 0.3) is 0 Å². The van der Waals surface area contributed by atoms with Crippen molar-refractivity contribution >= 4 is 32.9 Å². The normalized spacial score (nSPS) is 10.7.